The Morgan fingerprint density at radius 1 is 1.53 bits per heavy atom. The Balaban J connectivity index is 2.71. The van der Waals surface area contributed by atoms with Crippen molar-refractivity contribution >= 4 is 17.4 Å². The molecule has 2 rings (SSSR count). The summed E-state index contributed by atoms with van der Waals surface area (Å²) in [4.78, 5) is 0. The van der Waals surface area contributed by atoms with Crippen LogP contribution in [-0.4, -0.2) is 17.4 Å². The summed E-state index contributed by atoms with van der Waals surface area (Å²) in [5.74, 6) is -1.19. The second kappa shape index (κ2) is 4.14. The number of ether oxygens (including phenoxy) is 1. The second-order valence-corrected chi connectivity index (χ2v) is 3.62. The number of anilines is 1. The van der Waals surface area contributed by atoms with Crippen LogP contribution < -0.4 is 10.5 Å². The van der Waals surface area contributed by atoms with Gasteiger partial charge in [0.2, 0.25) is 0 Å². The van der Waals surface area contributed by atoms with Crippen molar-refractivity contribution in [1.29, 1.82) is 0 Å². The van der Waals surface area contributed by atoms with Crippen LogP contribution in [0, 0.1) is 5.82 Å². The average molecular weight is 259 g/mol. The van der Waals surface area contributed by atoms with E-state index in [0.29, 0.717) is 0 Å². The van der Waals surface area contributed by atoms with Gasteiger partial charge < -0.3 is 20.1 Å². The molecule has 2 aromatic rings. The van der Waals surface area contributed by atoms with Gasteiger partial charge in [-0.05, 0) is 0 Å². The topological polar surface area (TPSA) is 81.5 Å². The fraction of sp³-hybridized carbons (Fsp3) is 0.100. The number of aromatic nitrogens is 1. The van der Waals surface area contributed by atoms with Crippen molar-refractivity contribution in [1.82, 2.24) is 5.16 Å². The molecule has 0 aliphatic heterocycles. The molecule has 0 amide bonds. The van der Waals surface area contributed by atoms with Crippen molar-refractivity contribution in [2.75, 3.05) is 12.8 Å². The van der Waals surface area contributed by atoms with Crippen molar-refractivity contribution in [3.63, 3.8) is 0 Å². The van der Waals surface area contributed by atoms with E-state index in [1.807, 2.05) is 0 Å². The number of halogens is 2. The third-order valence-corrected chi connectivity index (χ3v) is 2.43. The largest absolute Gasteiger partial charge is 0.504 e. The van der Waals surface area contributed by atoms with Crippen LogP contribution in [0.15, 0.2) is 16.7 Å². The highest BCUT2D eigenvalue weighted by molar-refractivity contribution is 6.31. The Hall–Kier alpha value is -1.95. The van der Waals surface area contributed by atoms with E-state index in [-0.39, 0.29) is 27.9 Å². The molecular formula is C10H8ClFN2O3. The van der Waals surface area contributed by atoms with Gasteiger partial charge in [0, 0.05) is 12.1 Å². The number of rotatable bonds is 2. The van der Waals surface area contributed by atoms with Crippen LogP contribution >= 0.6 is 11.6 Å². The first-order valence-electron chi connectivity index (χ1n) is 4.52. The summed E-state index contributed by atoms with van der Waals surface area (Å²) in [7, 11) is 1.32. The molecule has 7 heteroatoms. The monoisotopic (exact) mass is 258 g/mol. The van der Waals surface area contributed by atoms with Gasteiger partial charge in [-0.1, -0.05) is 16.8 Å². The minimum Gasteiger partial charge on any atom is -0.504 e. The van der Waals surface area contributed by atoms with E-state index in [1.54, 1.807) is 0 Å². The molecule has 0 aliphatic rings. The van der Waals surface area contributed by atoms with Gasteiger partial charge in [0.1, 0.15) is 5.56 Å². The molecule has 0 unspecified atom stereocenters. The lowest BCUT2D eigenvalue weighted by Crippen LogP contribution is -1.91. The number of hydrogen-bond donors (Lipinski definition) is 2. The number of methoxy groups -OCH3 is 1. The molecule has 0 atom stereocenters. The Bertz CT molecular complexity index is 571. The first-order chi connectivity index (χ1) is 8.04. The molecule has 3 N–H and O–H groups in total. The van der Waals surface area contributed by atoms with E-state index < -0.39 is 11.6 Å². The molecule has 0 fully saturated rings. The number of nitrogens with zero attached hydrogens (tertiary/aromatic N) is 1. The molecule has 1 aromatic carbocycles. The Morgan fingerprint density at radius 2 is 2.24 bits per heavy atom. The van der Waals surface area contributed by atoms with Gasteiger partial charge in [-0.2, -0.15) is 0 Å². The maximum atomic E-state index is 13.8. The molecule has 0 spiro atoms. The highest BCUT2D eigenvalue weighted by Gasteiger charge is 2.22. The highest BCUT2D eigenvalue weighted by Crippen LogP contribution is 2.42. The number of nitrogens with two attached hydrogens (primary N) is 1. The number of benzene rings is 1. The quantitative estimate of drug-likeness (QED) is 0.865. The van der Waals surface area contributed by atoms with Gasteiger partial charge in [0.15, 0.2) is 28.9 Å². The SMILES string of the molecule is COc1cc(Cl)c(F)c(-c2cc(N)no2)c1O. The molecular weight excluding hydrogens is 251 g/mol. The molecule has 1 heterocycles. The predicted octanol–water partition coefficient (Wildman–Crippen LogP) is 2.43. The van der Waals surface area contributed by atoms with Gasteiger partial charge in [0.05, 0.1) is 12.1 Å². The number of aromatic hydroxyl groups is 1. The van der Waals surface area contributed by atoms with Crippen LogP contribution in [-0.2, 0) is 0 Å². The first kappa shape index (κ1) is 11.5. The van der Waals surface area contributed by atoms with Gasteiger partial charge in [-0.15, -0.1) is 0 Å². The molecule has 0 bridgehead atoms. The van der Waals surface area contributed by atoms with Gasteiger partial charge in [-0.25, -0.2) is 4.39 Å². The maximum absolute atomic E-state index is 13.8. The minimum atomic E-state index is -0.832. The van der Waals surface area contributed by atoms with E-state index in [2.05, 4.69) is 5.16 Å². The first-order valence-corrected chi connectivity index (χ1v) is 4.90. The molecule has 0 saturated heterocycles. The Morgan fingerprint density at radius 3 is 2.76 bits per heavy atom. The van der Waals surface area contributed by atoms with E-state index in [9.17, 15) is 9.50 Å². The Labute approximate surface area is 101 Å². The summed E-state index contributed by atoms with van der Waals surface area (Å²) in [6.45, 7) is 0. The van der Waals surface area contributed by atoms with Crippen LogP contribution in [0.4, 0.5) is 10.2 Å². The number of phenols is 1. The lowest BCUT2D eigenvalue weighted by molar-refractivity contribution is 0.369. The van der Waals surface area contributed by atoms with E-state index in [4.69, 9.17) is 26.6 Å². The van der Waals surface area contributed by atoms with Crippen molar-refractivity contribution in [2.24, 2.45) is 0 Å². The lowest BCUT2D eigenvalue weighted by atomic mass is 10.1. The van der Waals surface area contributed by atoms with Crippen molar-refractivity contribution < 1.29 is 18.8 Å². The minimum absolute atomic E-state index is 0.0290. The molecule has 5 nitrogen and oxygen atoms in total. The van der Waals surface area contributed by atoms with Crippen molar-refractivity contribution in [3.05, 3.63) is 23.0 Å². The Kier molecular flexibility index (Phi) is 2.81. The molecule has 0 radical (unpaired) electrons. The van der Waals surface area contributed by atoms with E-state index >= 15 is 0 Å². The average Bonchev–Trinajstić information content (AvgIpc) is 2.70. The molecule has 1 aromatic heterocycles. The number of hydrogen-bond acceptors (Lipinski definition) is 5. The summed E-state index contributed by atoms with van der Waals surface area (Å²) in [6.07, 6.45) is 0. The molecule has 0 saturated carbocycles. The fourth-order valence-corrected chi connectivity index (χ4v) is 1.57. The van der Waals surface area contributed by atoms with Gasteiger partial charge in [0.25, 0.3) is 0 Å². The van der Waals surface area contributed by atoms with Crippen LogP contribution in [0.5, 0.6) is 11.5 Å². The summed E-state index contributed by atoms with van der Waals surface area (Å²) in [5.41, 5.74) is 5.11. The zero-order valence-corrected chi connectivity index (χ0v) is 9.45. The maximum Gasteiger partial charge on any atom is 0.175 e. The molecule has 90 valence electrons. The van der Waals surface area contributed by atoms with E-state index in [1.165, 1.54) is 13.2 Å². The standard InChI is InChI=1S/C10H8ClFN2O3/c1-16-6-2-4(11)9(12)8(10(6)15)5-3-7(13)14-17-5/h2-3,15H,1H3,(H2,13,14). The number of phenolic OH excluding ortho intramolecular Hbond substituents is 1. The fourth-order valence-electron chi connectivity index (χ4n) is 1.38. The highest BCUT2D eigenvalue weighted by atomic mass is 35.5. The van der Waals surface area contributed by atoms with Crippen LogP contribution in [0.1, 0.15) is 0 Å². The zero-order chi connectivity index (χ0) is 12.6. The lowest BCUT2D eigenvalue weighted by Gasteiger charge is -2.09. The normalized spacial score (nSPS) is 10.5. The molecule has 17 heavy (non-hydrogen) atoms. The van der Waals surface area contributed by atoms with Crippen molar-refractivity contribution in [3.8, 4) is 22.8 Å². The summed E-state index contributed by atoms with van der Waals surface area (Å²) >= 11 is 5.67. The zero-order valence-electron chi connectivity index (χ0n) is 8.70. The number of nitrogen functional groups attached to an aromatic ring is 1. The second-order valence-electron chi connectivity index (χ2n) is 3.21. The smallest absolute Gasteiger partial charge is 0.175 e. The third kappa shape index (κ3) is 1.87. The van der Waals surface area contributed by atoms with Crippen LogP contribution in [0.2, 0.25) is 5.02 Å². The predicted molar refractivity (Wildman–Crippen MR) is 59.5 cm³/mol. The van der Waals surface area contributed by atoms with Gasteiger partial charge in [-0.3, -0.25) is 0 Å². The van der Waals surface area contributed by atoms with Crippen LogP contribution in [0.25, 0.3) is 11.3 Å². The summed E-state index contributed by atoms with van der Waals surface area (Å²) in [5, 5.41) is 13.0. The summed E-state index contributed by atoms with van der Waals surface area (Å²) < 4.78 is 23.4. The van der Waals surface area contributed by atoms with Crippen molar-refractivity contribution in [2.45, 2.75) is 0 Å². The summed E-state index contributed by atoms with van der Waals surface area (Å²) in [6, 6.07) is 2.43. The van der Waals surface area contributed by atoms with E-state index in [0.717, 1.165) is 6.07 Å². The molecule has 0 aliphatic carbocycles. The van der Waals surface area contributed by atoms with Gasteiger partial charge >= 0.3 is 0 Å². The third-order valence-electron chi connectivity index (χ3n) is 2.15. The van der Waals surface area contributed by atoms with Crippen LogP contribution in [0.3, 0.4) is 0 Å².